The van der Waals surface area contributed by atoms with Crippen molar-refractivity contribution in [2.75, 3.05) is 5.32 Å². The first-order valence-corrected chi connectivity index (χ1v) is 8.00. The number of anilines is 1. The number of nitrogens with two attached hydrogens (primary N) is 1. The number of fused-ring (bicyclic) bond motifs is 1. The van der Waals surface area contributed by atoms with Gasteiger partial charge in [0, 0.05) is 17.5 Å². The lowest BCUT2D eigenvalue weighted by Gasteiger charge is -2.15. The van der Waals surface area contributed by atoms with E-state index in [2.05, 4.69) is 10.3 Å². The lowest BCUT2D eigenvalue weighted by atomic mass is 10.0. The third-order valence-corrected chi connectivity index (χ3v) is 4.13. The van der Waals surface area contributed by atoms with E-state index in [1.165, 1.54) is 0 Å². The number of carbonyl (C=O) groups excluding carboxylic acids is 2. The van der Waals surface area contributed by atoms with Gasteiger partial charge in [-0.15, -0.1) is 0 Å². The number of benzene rings is 2. The Hall–Kier alpha value is -3.21. The summed E-state index contributed by atoms with van der Waals surface area (Å²) >= 11 is 0. The van der Waals surface area contributed by atoms with Crippen LogP contribution in [0.4, 0.5) is 5.69 Å². The number of hydrogen-bond donors (Lipinski definition) is 2. The minimum absolute atomic E-state index is 0.0256. The van der Waals surface area contributed by atoms with Gasteiger partial charge in [-0.3, -0.25) is 14.6 Å². The number of para-hydroxylation sites is 1. The zero-order chi connectivity index (χ0) is 18.0. The van der Waals surface area contributed by atoms with Crippen LogP contribution in [0.5, 0.6) is 0 Å². The van der Waals surface area contributed by atoms with Gasteiger partial charge in [0.05, 0.1) is 22.5 Å². The number of ketones is 1. The van der Waals surface area contributed by atoms with E-state index in [-0.39, 0.29) is 5.78 Å². The van der Waals surface area contributed by atoms with Crippen molar-refractivity contribution in [1.82, 2.24) is 4.98 Å². The number of rotatable bonds is 5. The van der Waals surface area contributed by atoms with Gasteiger partial charge in [0.25, 0.3) is 0 Å². The van der Waals surface area contributed by atoms with Gasteiger partial charge in [-0.05, 0) is 37.6 Å². The van der Waals surface area contributed by atoms with Crippen molar-refractivity contribution >= 4 is 28.3 Å². The summed E-state index contributed by atoms with van der Waals surface area (Å²) in [5, 5.41) is 4.28. The molecule has 0 aliphatic rings. The molecule has 126 valence electrons. The Morgan fingerprint density at radius 1 is 1.08 bits per heavy atom. The van der Waals surface area contributed by atoms with E-state index in [1.54, 1.807) is 19.1 Å². The van der Waals surface area contributed by atoms with Crippen molar-refractivity contribution in [1.29, 1.82) is 0 Å². The molecule has 1 aromatic heterocycles. The minimum atomic E-state index is -0.450. The van der Waals surface area contributed by atoms with E-state index >= 15 is 0 Å². The largest absolute Gasteiger partial charge is 0.380 e. The lowest BCUT2D eigenvalue weighted by molar-refractivity contribution is 0.0996. The molecule has 0 unspecified atom stereocenters. The maximum Gasteiger partial charge on any atom is 0.248 e. The normalized spacial score (nSPS) is 10.6. The first kappa shape index (κ1) is 16.6. The molecule has 0 radical (unpaired) electrons. The van der Waals surface area contributed by atoms with Crippen molar-refractivity contribution in [3.8, 4) is 0 Å². The fraction of sp³-hybridized carbons (Fsp3) is 0.150. The van der Waals surface area contributed by atoms with E-state index in [1.807, 2.05) is 43.3 Å². The number of Topliss-reactive ketones (excluding diaryl/α,β-unsaturated/α-hetero) is 1. The quantitative estimate of drug-likeness (QED) is 0.700. The molecule has 0 aliphatic carbocycles. The first-order valence-electron chi connectivity index (χ1n) is 8.00. The number of pyridine rings is 1. The molecular weight excluding hydrogens is 314 g/mol. The van der Waals surface area contributed by atoms with E-state index in [0.717, 1.165) is 22.2 Å². The van der Waals surface area contributed by atoms with E-state index in [9.17, 15) is 9.59 Å². The Kier molecular flexibility index (Phi) is 4.48. The summed E-state index contributed by atoms with van der Waals surface area (Å²) in [6.07, 6.45) is 0. The van der Waals surface area contributed by atoms with Gasteiger partial charge >= 0.3 is 0 Å². The molecule has 0 bridgehead atoms. The number of hydrogen-bond acceptors (Lipinski definition) is 4. The van der Waals surface area contributed by atoms with E-state index in [4.69, 9.17) is 5.73 Å². The number of nitrogens with zero attached hydrogens (tertiary/aromatic N) is 1. The molecule has 1 amide bonds. The van der Waals surface area contributed by atoms with Gasteiger partial charge < -0.3 is 11.1 Å². The van der Waals surface area contributed by atoms with Crippen LogP contribution in [0.3, 0.4) is 0 Å². The molecule has 3 rings (SSSR count). The molecule has 1 heterocycles. The molecule has 5 heteroatoms. The van der Waals surface area contributed by atoms with Gasteiger partial charge in [-0.2, -0.15) is 0 Å². The average Bonchev–Trinajstić information content (AvgIpc) is 2.59. The lowest BCUT2D eigenvalue weighted by Crippen LogP contribution is -2.11. The Balaban J connectivity index is 1.98. The summed E-state index contributed by atoms with van der Waals surface area (Å²) in [6, 6.07) is 14.8. The molecule has 2 aromatic carbocycles. The van der Waals surface area contributed by atoms with Crippen LogP contribution in [0.25, 0.3) is 10.9 Å². The number of aryl methyl sites for hydroxylation is 1. The molecule has 0 spiro atoms. The smallest absolute Gasteiger partial charge is 0.248 e. The fourth-order valence-electron chi connectivity index (χ4n) is 2.93. The maximum atomic E-state index is 12.1. The number of aromatic nitrogens is 1. The molecule has 25 heavy (non-hydrogen) atoms. The molecular formula is C20H19N3O2. The number of nitrogens with one attached hydrogen (secondary N) is 1. The Labute approximate surface area is 145 Å². The van der Waals surface area contributed by atoms with E-state index < -0.39 is 5.91 Å². The first-order chi connectivity index (χ1) is 12.0. The molecule has 0 saturated carbocycles. The van der Waals surface area contributed by atoms with Crippen molar-refractivity contribution in [3.63, 3.8) is 0 Å². The zero-order valence-corrected chi connectivity index (χ0v) is 14.2. The maximum absolute atomic E-state index is 12.1. The van der Waals surface area contributed by atoms with Gasteiger partial charge in [0.1, 0.15) is 0 Å². The Morgan fingerprint density at radius 2 is 1.76 bits per heavy atom. The van der Waals surface area contributed by atoms with Crippen molar-refractivity contribution < 1.29 is 9.59 Å². The van der Waals surface area contributed by atoms with Gasteiger partial charge in [-0.25, -0.2) is 0 Å². The summed E-state index contributed by atoms with van der Waals surface area (Å²) in [7, 11) is 0. The van der Waals surface area contributed by atoms with Crippen molar-refractivity contribution in [3.05, 3.63) is 70.9 Å². The van der Waals surface area contributed by atoms with Crippen LogP contribution in [0.2, 0.25) is 0 Å². The third-order valence-electron chi connectivity index (χ3n) is 4.13. The predicted molar refractivity (Wildman–Crippen MR) is 98.8 cm³/mol. The van der Waals surface area contributed by atoms with Gasteiger partial charge in [-0.1, -0.05) is 30.3 Å². The highest BCUT2D eigenvalue weighted by Crippen LogP contribution is 2.29. The monoisotopic (exact) mass is 333 g/mol. The van der Waals surface area contributed by atoms with Crippen LogP contribution in [-0.2, 0) is 6.54 Å². The summed E-state index contributed by atoms with van der Waals surface area (Å²) < 4.78 is 0. The number of amides is 1. The topological polar surface area (TPSA) is 85.1 Å². The Morgan fingerprint density at radius 3 is 2.40 bits per heavy atom. The third kappa shape index (κ3) is 3.35. The number of primary amides is 1. The van der Waals surface area contributed by atoms with Crippen LogP contribution in [-0.4, -0.2) is 16.7 Å². The number of carbonyl (C=O) groups is 2. The molecule has 5 nitrogen and oxygen atoms in total. The highest BCUT2D eigenvalue weighted by Gasteiger charge is 2.16. The van der Waals surface area contributed by atoms with Crippen LogP contribution in [0, 0.1) is 6.92 Å². The SMILES string of the molecule is CC(=O)c1c(C)nc2ccccc2c1NCc1ccc(C(N)=O)cc1. The summed E-state index contributed by atoms with van der Waals surface area (Å²) in [4.78, 5) is 27.8. The highest BCUT2D eigenvalue weighted by molar-refractivity contribution is 6.08. The van der Waals surface area contributed by atoms with Crippen molar-refractivity contribution in [2.45, 2.75) is 20.4 Å². The average molecular weight is 333 g/mol. The van der Waals surface area contributed by atoms with Gasteiger partial charge in [0.2, 0.25) is 5.91 Å². The second kappa shape index (κ2) is 6.73. The molecule has 0 aliphatic heterocycles. The summed E-state index contributed by atoms with van der Waals surface area (Å²) in [5.74, 6) is -0.476. The van der Waals surface area contributed by atoms with Crippen LogP contribution < -0.4 is 11.1 Å². The fourth-order valence-corrected chi connectivity index (χ4v) is 2.93. The molecule has 0 fully saturated rings. The second-order valence-electron chi connectivity index (χ2n) is 5.94. The molecule has 0 saturated heterocycles. The summed E-state index contributed by atoms with van der Waals surface area (Å²) in [5.41, 5.74) is 9.66. The zero-order valence-electron chi connectivity index (χ0n) is 14.2. The van der Waals surface area contributed by atoms with E-state index in [0.29, 0.717) is 23.4 Å². The molecule has 0 atom stereocenters. The van der Waals surface area contributed by atoms with Crippen molar-refractivity contribution in [2.24, 2.45) is 5.73 Å². The highest BCUT2D eigenvalue weighted by atomic mass is 16.1. The summed E-state index contributed by atoms with van der Waals surface area (Å²) in [6.45, 7) is 3.91. The standard InChI is InChI=1S/C20H19N3O2/c1-12-18(13(2)24)19(16-5-3-4-6-17(16)23-12)22-11-14-7-9-15(10-8-14)20(21)25/h3-10H,11H2,1-2H3,(H2,21,25)(H,22,23). The Bertz CT molecular complexity index is 963. The second-order valence-corrected chi connectivity index (χ2v) is 5.94. The minimum Gasteiger partial charge on any atom is -0.380 e. The predicted octanol–water partition coefficient (Wildman–Crippen LogP) is 3.46. The molecule has 3 aromatic rings. The van der Waals surface area contributed by atoms with Crippen LogP contribution >= 0.6 is 0 Å². The van der Waals surface area contributed by atoms with Crippen LogP contribution in [0.1, 0.15) is 38.9 Å². The van der Waals surface area contributed by atoms with Gasteiger partial charge in [0.15, 0.2) is 5.78 Å². The molecule has 3 N–H and O–H groups in total. The van der Waals surface area contributed by atoms with Crippen LogP contribution in [0.15, 0.2) is 48.5 Å².